The summed E-state index contributed by atoms with van der Waals surface area (Å²) in [5.74, 6) is 2.47. The Labute approximate surface area is 141 Å². The molecule has 0 aliphatic carbocycles. The van der Waals surface area contributed by atoms with Crippen LogP contribution >= 0.6 is 0 Å². The number of benzene rings is 2. The standard InChI is InChI=1S/C19H22N2O3/c1-22-14-19-20-15-8-3-4-9-16(15)21(19)12-7-13-24-18-11-6-5-10-17(18)23-2/h3-6,8-11H,7,12-14H2,1-2H3. The number of nitrogens with zero attached hydrogens (tertiary/aromatic N) is 2. The summed E-state index contributed by atoms with van der Waals surface area (Å²) in [5, 5.41) is 0. The van der Waals surface area contributed by atoms with Crippen molar-refractivity contribution in [2.24, 2.45) is 0 Å². The van der Waals surface area contributed by atoms with E-state index in [0.717, 1.165) is 41.3 Å². The van der Waals surface area contributed by atoms with Crippen LogP contribution < -0.4 is 9.47 Å². The highest BCUT2D eigenvalue weighted by Crippen LogP contribution is 2.26. The van der Waals surface area contributed by atoms with Gasteiger partial charge in [-0.1, -0.05) is 24.3 Å². The molecule has 1 heterocycles. The van der Waals surface area contributed by atoms with E-state index < -0.39 is 0 Å². The molecule has 0 atom stereocenters. The molecule has 0 bridgehead atoms. The molecular weight excluding hydrogens is 304 g/mol. The van der Waals surface area contributed by atoms with Crippen LogP contribution in [0.15, 0.2) is 48.5 Å². The molecule has 3 rings (SSSR count). The van der Waals surface area contributed by atoms with Crippen LogP contribution in [0.4, 0.5) is 0 Å². The number of hydrogen-bond donors (Lipinski definition) is 0. The summed E-state index contributed by atoms with van der Waals surface area (Å²) in [7, 11) is 3.34. The van der Waals surface area contributed by atoms with Gasteiger partial charge in [-0.05, 0) is 30.7 Å². The van der Waals surface area contributed by atoms with Crippen molar-refractivity contribution in [3.8, 4) is 11.5 Å². The zero-order chi connectivity index (χ0) is 16.8. The van der Waals surface area contributed by atoms with Crippen LogP contribution in [0.3, 0.4) is 0 Å². The molecule has 0 amide bonds. The van der Waals surface area contributed by atoms with Gasteiger partial charge in [0.25, 0.3) is 0 Å². The maximum absolute atomic E-state index is 5.85. The van der Waals surface area contributed by atoms with Gasteiger partial charge in [-0.3, -0.25) is 0 Å². The summed E-state index contributed by atoms with van der Waals surface area (Å²) in [6.45, 7) is 1.94. The van der Waals surface area contributed by atoms with Gasteiger partial charge in [-0.15, -0.1) is 0 Å². The summed E-state index contributed by atoms with van der Waals surface area (Å²) < 4.78 is 18.6. The van der Waals surface area contributed by atoms with E-state index in [2.05, 4.69) is 15.6 Å². The van der Waals surface area contributed by atoms with E-state index in [1.807, 2.05) is 42.5 Å². The summed E-state index contributed by atoms with van der Waals surface area (Å²) in [6, 6.07) is 15.8. The number of para-hydroxylation sites is 4. The summed E-state index contributed by atoms with van der Waals surface area (Å²) in [4.78, 5) is 4.64. The van der Waals surface area contributed by atoms with Crippen molar-refractivity contribution in [2.75, 3.05) is 20.8 Å². The quantitative estimate of drug-likeness (QED) is 0.593. The second kappa shape index (κ2) is 7.84. The number of imidazole rings is 1. The number of rotatable bonds is 8. The van der Waals surface area contributed by atoms with Crippen molar-refractivity contribution in [2.45, 2.75) is 19.6 Å². The lowest BCUT2D eigenvalue weighted by Crippen LogP contribution is -2.08. The lowest BCUT2D eigenvalue weighted by atomic mass is 10.3. The molecule has 0 unspecified atom stereocenters. The predicted octanol–water partition coefficient (Wildman–Crippen LogP) is 3.66. The lowest BCUT2D eigenvalue weighted by Gasteiger charge is -2.12. The highest BCUT2D eigenvalue weighted by Gasteiger charge is 2.10. The number of methoxy groups -OCH3 is 2. The van der Waals surface area contributed by atoms with E-state index >= 15 is 0 Å². The zero-order valence-electron chi connectivity index (χ0n) is 14.1. The first-order valence-corrected chi connectivity index (χ1v) is 8.02. The first kappa shape index (κ1) is 16.3. The highest BCUT2D eigenvalue weighted by atomic mass is 16.5. The minimum Gasteiger partial charge on any atom is -0.493 e. The van der Waals surface area contributed by atoms with Crippen LogP contribution in [0.2, 0.25) is 0 Å². The average Bonchev–Trinajstić information content (AvgIpc) is 2.97. The molecule has 0 aliphatic heterocycles. The summed E-state index contributed by atoms with van der Waals surface area (Å²) >= 11 is 0. The van der Waals surface area contributed by atoms with E-state index in [-0.39, 0.29) is 0 Å². The van der Waals surface area contributed by atoms with Crippen LogP contribution in [0, 0.1) is 0 Å². The van der Waals surface area contributed by atoms with Crippen molar-refractivity contribution in [3.05, 3.63) is 54.4 Å². The molecule has 0 spiro atoms. The van der Waals surface area contributed by atoms with Gasteiger partial charge in [-0.25, -0.2) is 4.98 Å². The van der Waals surface area contributed by atoms with E-state index in [4.69, 9.17) is 14.2 Å². The second-order valence-electron chi connectivity index (χ2n) is 5.45. The van der Waals surface area contributed by atoms with E-state index in [1.165, 1.54) is 0 Å². The van der Waals surface area contributed by atoms with Crippen molar-refractivity contribution in [3.63, 3.8) is 0 Å². The monoisotopic (exact) mass is 326 g/mol. The Morgan fingerprint density at radius 3 is 2.50 bits per heavy atom. The molecule has 126 valence electrons. The maximum Gasteiger partial charge on any atom is 0.161 e. The number of aryl methyl sites for hydroxylation is 1. The van der Waals surface area contributed by atoms with Gasteiger partial charge in [0.1, 0.15) is 12.4 Å². The minimum atomic E-state index is 0.502. The number of aromatic nitrogens is 2. The number of fused-ring (bicyclic) bond motifs is 1. The Morgan fingerprint density at radius 2 is 1.71 bits per heavy atom. The van der Waals surface area contributed by atoms with Gasteiger partial charge in [0.2, 0.25) is 0 Å². The largest absolute Gasteiger partial charge is 0.493 e. The van der Waals surface area contributed by atoms with Crippen LogP contribution in [-0.2, 0) is 17.9 Å². The highest BCUT2D eigenvalue weighted by molar-refractivity contribution is 5.75. The molecule has 0 saturated carbocycles. The maximum atomic E-state index is 5.85. The minimum absolute atomic E-state index is 0.502. The SMILES string of the molecule is COCc1nc2ccccc2n1CCCOc1ccccc1OC. The molecule has 0 saturated heterocycles. The fourth-order valence-electron chi connectivity index (χ4n) is 2.76. The molecule has 0 radical (unpaired) electrons. The smallest absolute Gasteiger partial charge is 0.161 e. The third-order valence-electron chi connectivity index (χ3n) is 3.86. The van der Waals surface area contributed by atoms with E-state index in [1.54, 1.807) is 14.2 Å². The topological polar surface area (TPSA) is 45.5 Å². The van der Waals surface area contributed by atoms with Gasteiger partial charge in [0.05, 0.1) is 24.8 Å². The average molecular weight is 326 g/mol. The molecule has 0 aliphatic rings. The van der Waals surface area contributed by atoms with Crippen molar-refractivity contribution >= 4 is 11.0 Å². The molecule has 1 aromatic heterocycles. The molecule has 5 nitrogen and oxygen atoms in total. The van der Waals surface area contributed by atoms with Gasteiger partial charge in [0, 0.05) is 13.7 Å². The molecule has 0 fully saturated rings. The van der Waals surface area contributed by atoms with Crippen LogP contribution in [0.5, 0.6) is 11.5 Å². The Hall–Kier alpha value is -2.53. The molecule has 5 heteroatoms. The molecule has 24 heavy (non-hydrogen) atoms. The normalized spacial score (nSPS) is 10.9. The number of ether oxygens (including phenoxy) is 3. The van der Waals surface area contributed by atoms with Crippen molar-refractivity contribution in [1.82, 2.24) is 9.55 Å². The molecule has 3 aromatic rings. The molecular formula is C19H22N2O3. The van der Waals surface area contributed by atoms with Crippen LogP contribution in [-0.4, -0.2) is 30.4 Å². The zero-order valence-corrected chi connectivity index (χ0v) is 14.1. The Bertz CT molecular complexity index is 798. The van der Waals surface area contributed by atoms with E-state index in [0.29, 0.717) is 13.2 Å². The fraction of sp³-hybridized carbons (Fsp3) is 0.316. The van der Waals surface area contributed by atoms with Gasteiger partial charge < -0.3 is 18.8 Å². The Kier molecular flexibility index (Phi) is 5.33. The first-order chi connectivity index (χ1) is 11.8. The third kappa shape index (κ3) is 3.51. The Morgan fingerprint density at radius 1 is 0.958 bits per heavy atom. The van der Waals surface area contributed by atoms with E-state index in [9.17, 15) is 0 Å². The van der Waals surface area contributed by atoms with Gasteiger partial charge >= 0.3 is 0 Å². The van der Waals surface area contributed by atoms with Crippen molar-refractivity contribution < 1.29 is 14.2 Å². The van der Waals surface area contributed by atoms with Crippen molar-refractivity contribution in [1.29, 1.82) is 0 Å². The number of hydrogen-bond acceptors (Lipinski definition) is 4. The van der Waals surface area contributed by atoms with Gasteiger partial charge in [-0.2, -0.15) is 0 Å². The molecule has 0 N–H and O–H groups in total. The van der Waals surface area contributed by atoms with Gasteiger partial charge in [0.15, 0.2) is 11.5 Å². The first-order valence-electron chi connectivity index (χ1n) is 8.02. The summed E-state index contributed by atoms with van der Waals surface area (Å²) in [5.41, 5.74) is 2.12. The summed E-state index contributed by atoms with van der Waals surface area (Å²) in [6.07, 6.45) is 0.870. The second-order valence-corrected chi connectivity index (χ2v) is 5.45. The predicted molar refractivity (Wildman–Crippen MR) is 93.6 cm³/mol. The molecule has 2 aromatic carbocycles. The third-order valence-corrected chi connectivity index (χ3v) is 3.86. The fourth-order valence-corrected chi connectivity index (χ4v) is 2.76. The van der Waals surface area contributed by atoms with Crippen LogP contribution in [0.1, 0.15) is 12.2 Å². The Balaban J connectivity index is 1.66. The van der Waals surface area contributed by atoms with Crippen LogP contribution in [0.25, 0.3) is 11.0 Å². The lowest BCUT2D eigenvalue weighted by molar-refractivity contribution is 0.174.